The summed E-state index contributed by atoms with van der Waals surface area (Å²) in [7, 11) is -4.18. The van der Waals surface area contributed by atoms with Gasteiger partial charge in [-0.05, 0) is 106 Å². The van der Waals surface area contributed by atoms with Crippen LogP contribution < -0.4 is 9.62 Å². The molecule has 7 nitrogen and oxygen atoms in total. The molecule has 0 saturated carbocycles. The lowest BCUT2D eigenvalue weighted by atomic mass is 10.1. The minimum atomic E-state index is -4.18. The van der Waals surface area contributed by atoms with E-state index in [0.29, 0.717) is 22.2 Å². The summed E-state index contributed by atoms with van der Waals surface area (Å²) >= 11 is 12.1. The number of nitrogens with one attached hydrogen (secondary N) is 1. The van der Waals surface area contributed by atoms with Crippen molar-refractivity contribution >= 4 is 50.7 Å². The number of anilines is 1. The van der Waals surface area contributed by atoms with Crippen molar-refractivity contribution in [2.75, 3.05) is 10.8 Å². The second-order valence-corrected chi connectivity index (χ2v) is 13.8. The number of hydrogen-bond acceptors (Lipinski definition) is 4. The van der Waals surface area contributed by atoms with Gasteiger partial charge in [0.05, 0.1) is 10.6 Å². The fraction of sp³-hybridized carbons (Fsp3) is 0.355. The maximum absolute atomic E-state index is 14.1. The molecule has 10 heteroatoms. The molecule has 1 atom stereocenters. The van der Waals surface area contributed by atoms with Gasteiger partial charge in [0.25, 0.3) is 10.0 Å². The average Bonchev–Trinajstić information content (AvgIpc) is 2.89. The van der Waals surface area contributed by atoms with E-state index in [1.165, 1.54) is 29.2 Å². The van der Waals surface area contributed by atoms with E-state index in [2.05, 4.69) is 5.32 Å². The molecule has 3 rings (SSSR count). The third-order valence-corrected chi connectivity index (χ3v) is 8.90. The van der Waals surface area contributed by atoms with Crippen LogP contribution in [0.4, 0.5) is 5.69 Å². The van der Waals surface area contributed by atoms with E-state index in [0.717, 1.165) is 21.0 Å². The SMILES string of the molecule is CC[C@@H](C(=O)NC(C)(C)C)N(Cc1ccc(Cl)cc1)C(=O)CN(c1ccc(C)c(C)c1)S(=O)(=O)c1ccc(Cl)cc1. The first-order valence-electron chi connectivity index (χ1n) is 13.3. The lowest BCUT2D eigenvalue weighted by Crippen LogP contribution is -2.55. The molecule has 3 aromatic carbocycles. The molecule has 1 N–H and O–H groups in total. The molecule has 0 unspecified atom stereocenters. The number of benzene rings is 3. The second-order valence-electron chi connectivity index (χ2n) is 11.0. The maximum atomic E-state index is 14.1. The number of carbonyl (C=O) groups excluding carboxylic acids is 2. The van der Waals surface area contributed by atoms with Crippen LogP contribution in [0.5, 0.6) is 0 Å². The van der Waals surface area contributed by atoms with Crippen molar-refractivity contribution in [1.82, 2.24) is 10.2 Å². The van der Waals surface area contributed by atoms with E-state index in [-0.39, 0.29) is 17.3 Å². The summed E-state index contributed by atoms with van der Waals surface area (Å²) in [4.78, 5) is 29.0. The summed E-state index contributed by atoms with van der Waals surface area (Å²) in [5.41, 5.74) is 2.43. The molecular weight excluding hydrogens is 581 g/mol. The number of sulfonamides is 1. The molecule has 0 bridgehead atoms. The first-order valence-corrected chi connectivity index (χ1v) is 15.5. The van der Waals surface area contributed by atoms with Crippen molar-refractivity contribution in [3.05, 3.63) is 93.5 Å². The third kappa shape index (κ3) is 8.47. The van der Waals surface area contributed by atoms with E-state index in [1.807, 2.05) is 47.6 Å². The molecule has 0 spiro atoms. The highest BCUT2D eigenvalue weighted by molar-refractivity contribution is 7.92. The Hall–Kier alpha value is -3.07. The summed E-state index contributed by atoms with van der Waals surface area (Å²) in [6.07, 6.45) is 0.328. The van der Waals surface area contributed by atoms with Crippen molar-refractivity contribution in [2.24, 2.45) is 0 Å². The molecule has 0 aliphatic carbocycles. The minimum absolute atomic E-state index is 0.00491. The van der Waals surface area contributed by atoms with Crippen LogP contribution in [0.3, 0.4) is 0 Å². The monoisotopic (exact) mass is 617 g/mol. The Balaban J connectivity index is 2.09. The highest BCUT2D eigenvalue weighted by atomic mass is 35.5. The molecule has 0 radical (unpaired) electrons. The summed E-state index contributed by atoms with van der Waals surface area (Å²) < 4.78 is 29.0. The highest BCUT2D eigenvalue weighted by Gasteiger charge is 2.34. The summed E-state index contributed by atoms with van der Waals surface area (Å²) in [5.74, 6) is -0.841. The van der Waals surface area contributed by atoms with Crippen molar-refractivity contribution in [1.29, 1.82) is 0 Å². The molecule has 0 heterocycles. The molecule has 0 aromatic heterocycles. The summed E-state index contributed by atoms with van der Waals surface area (Å²) in [5, 5.41) is 3.89. The molecule has 2 amide bonds. The Kier molecular flexibility index (Phi) is 10.5. The van der Waals surface area contributed by atoms with Gasteiger partial charge in [-0.2, -0.15) is 0 Å². The van der Waals surface area contributed by atoms with Crippen molar-refractivity contribution in [3.63, 3.8) is 0 Å². The Morgan fingerprint density at radius 3 is 1.95 bits per heavy atom. The zero-order chi connectivity index (χ0) is 30.5. The van der Waals surface area contributed by atoms with Crippen LogP contribution in [0.15, 0.2) is 71.6 Å². The summed E-state index contributed by atoms with van der Waals surface area (Å²) in [6.45, 7) is 10.8. The number of hydrogen-bond donors (Lipinski definition) is 1. The Labute approximate surface area is 253 Å². The minimum Gasteiger partial charge on any atom is -0.350 e. The molecule has 0 aliphatic heterocycles. The fourth-order valence-corrected chi connectivity index (χ4v) is 5.96. The van der Waals surface area contributed by atoms with Crippen LogP contribution in [0.25, 0.3) is 0 Å². The standard InChI is InChI=1S/C31H37Cl2N3O4S/c1-7-28(30(38)34-31(4,5)6)35(19-23-9-11-24(32)12-10-23)29(37)20-36(26-15-8-21(2)22(3)18-26)41(39,40)27-16-13-25(33)14-17-27/h8-18,28H,7,19-20H2,1-6H3,(H,34,38)/t28-/m0/s1. The maximum Gasteiger partial charge on any atom is 0.264 e. The van der Waals surface area contributed by atoms with E-state index < -0.39 is 34.1 Å². The first-order chi connectivity index (χ1) is 19.1. The lowest BCUT2D eigenvalue weighted by Gasteiger charge is -2.35. The van der Waals surface area contributed by atoms with Crippen LogP contribution in [0.2, 0.25) is 10.0 Å². The van der Waals surface area contributed by atoms with Crippen LogP contribution in [-0.4, -0.2) is 43.3 Å². The number of rotatable bonds is 10. The van der Waals surface area contributed by atoms with Crippen LogP contribution >= 0.6 is 23.2 Å². The van der Waals surface area contributed by atoms with Gasteiger partial charge < -0.3 is 10.2 Å². The quantitative estimate of drug-likeness (QED) is 0.280. The van der Waals surface area contributed by atoms with E-state index in [1.54, 1.807) is 36.4 Å². The third-order valence-electron chi connectivity index (χ3n) is 6.61. The van der Waals surface area contributed by atoms with Gasteiger partial charge in [0.1, 0.15) is 12.6 Å². The molecule has 41 heavy (non-hydrogen) atoms. The smallest absolute Gasteiger partial charge is 0.264 e. The van der Waals surface area contributed by atoms with Gasteiger partial charge in [-0.3, -0.25) is 13.9 Å². The largest absolute Gasteiger partial charge is 0.350 e. The van der Waals surface area contributed by atoms with E-state index in [9.17, 15) is 18.0 Å². The Bertz CT molecular complexity index is 1490. The molecular formula is C31H37Cl2N3O4S. The van der Waals surface area contributed by atoms with Gasteiger partial charge in [-0.1, -0.05) is 48.3 Å². The van der Waals surface area contributed by atoms with Gasteiger partial charge in [0, 0.05) is 22.1 Å². The number of carbonyl (C=O) groups is 2. The van der Waals surface area contributed by atoms with Crippen LogP contribution in [-0.2, 0) is 26.2 Å². The predicted octanol–water partition coefficient (Wildman–Crippen LogP) is 6.53. The average molecular weight is 619 g/mol. The molecule has 0 saturated heterocycles. The van der Waals surface area contributed by atoms with Crippen LogP contribution in [0.1, 0.15) is 50.8 Å². The number of amides is 2. The Morgan fingerprint density at radius 1 is 0.878 bits per heavy atom. The van der Waals surface area contributed by atoms with E-state index in [4.69, 9.17) is 23.2 Å². The predicted molar refractivity (Wildman–Crippen MR) is 166 cm³/mol. The van der Waals surface area contributed by atoms with Gasteiger partial charge >= 0.3 is 0 Å². The van der Waals surface area contributed by atoms with E-state index >= 15 is 0 Å². The lowest BCUT2D eigenvalue weighted by molar-refractivity contribution is -0.141. The fourth-order valence-electron chi connectivity index (χ4n) is 4.30. The highest BCUT2D eigenvalue weighted by Crippen LogP contribution is 2.27. The molecule has 220 valence electrons. The zero-order valence-electron chi connectivity index (χ0n) is 24.2. The van der Waals surface area contributed by atoms with Crippen LogP contribution in [0, 0.1) is 13.8 Å². The molecule has 0 aliphatic rings. The van der Waals surface area contributed by atoms with Crippen molar-refractivity contribution in [3.8, 4) is 0 Å². The van der Waals surface area contributed by atoms with Gasteiger partial charge in [0.2, 0.25) is 11.8 Å². The first kappa shape index (κ1) is 32.4. The second kappa shape index (κ2) is 13.3. The number of halogens is 2. The van der Waals surface area contributed by atoms with Gasteiger partial charge in [-0.25, -0.2) is 8.42 Å². The van der Waals surface area contributed by atoms with Gasteiger partial charge in [0.15, 0.2) is 0 Å². The summed E-state index contributed by atoms with van der Waals surface area (Å²) in [6, 6.07) is 17.2. The van der Waals surface area contributed by atoms with Gasteiger partial charge in [-0.15, -0.1) is 0 Å². The molecule has 3 aromatic rings. The Morgan fingerprint density at radius 2 is 1.44 bits per heavy atom. The topological polar surface area (TPSA) is 86.8 Å². The normalized spacial score (nSPS) is 12.5. The number of nitrogens with zero attached hydrogens (tertiary/aromatic N) is 2. The van der Waals surface area contributed by atoms with Crippen molar-refractivity contribution in [2.45, 2.75) is 71.0 Å². The molecule has 0 fully saturated rings. The van der Waals surface area contributed by atoms with Crippen molar-refractivity contribution < 1.29 is 18.0 Å². The number of aryl methyl sites for hydroxylation is 2. The zero-order valence-corrected chi connectivity index (χ0v) is 26.6.